The van der Waals surface area contributed by atoms with Gasteiger partial charge in [0.15, 0.2) is 5.78 Å². The summed E-state index contributed by atoms with van der Waals surface area (Å²) in [7, 11) is 0. The maximum Gasteiger partial charge on any atom is 0.175 e. The van der Waals surface area contributed by atoms with E-state index in [9.17, 15) is 4.79 Å². The molecule has 96 valence electrons. The van der Waals surface area contributed by atoms with Crippen molar-refractivity contribution in [3.05, 3.63) is 0 Å². The molecule has 6 heteroatoms. The first-order valence-corrected chi connectivity index (χ1v) is 5.68. The van der Waals surface area contributed by atoms with E-state index in [1.807, 2.05) is 6.92 Å². The number of carbonyl (C=O) groups is 1. The van der Waals surface area contributed by atoms with Gasteiger partial charge in [-0.25, -0.2) is 0 Å². The number of hydrogen-bond donors (Lipinski definition) is 4. The Balaban J connectivity index is 3.47. The second-order valence-corrected chi connectivity index (χ2v) is 3.75. The fraction of sp³-hybridized carbons (Fsp3) is 0.900. The highest BCUT2D eigenvalue weighted by atomic mass is 16.5. The van der Waals surface area contributed by atoms with E-state index in [-0.39, 0.29) is 12.4 Å². The summed E-state index contributed by atoms with van der Waals surface area (Å²) in [5.74, 6) is -0.0505. The van der Waals surface area contributed by atoms with Crippen LogP contribution in [0.4, 0.5) is 0 Å². The Bertz CT molecular complexity index is 188. The van der Waals surface area contributed by atoms with Gasteiger partial charge in [0.2, 0.25) is 0 Å². The van der Waals surface area contributed by atoms with E-state index in [0.29, 0.717) is 19.6 Å². The second kappa shape index (κ2) is 9.68. The van der Waals surface area contributed by atoms with Gasteiger partial charge < -0.3 is 21.9 Å². The molecule has 16 heavy (non-hydrogen) atoms. The first kappa shape index (κ1) is 15.5. The molecule has 7 N–H and O–H groups in total. The van der Waals surface area contributed by atoms with Gasteiger partial charge in [0.05, 0.1) is 6.04 Å². The molecule has 0 radical (unpaired) electrons. The topological polar surface area (TPSA) is 116 Å². The third-order valence-electron chi connectivity index (χ3n) is 2.08. The van der Waals surface area contributed by atoms with Crippen LogP contribution in [0, 0.1) is 0 Å². The minimum Gasteiger partial charge on any atom is -0.374 e. The zero-order valence-corrected chi connectivity index (χ0v) is 9.95. The third-order valence-corrected chi connectivity index (χ3v) is 2.08. The van der Waals surface area contributed by atoms with Gasteiger partial charge in [0.1, 0.15) is 12.9 Å². The molecule has 0 saturated carbocycles. The van der Waals surface area contributed by atoms with Crippen LogP contribution in [-0.2, 0) is 9.53 Å². The number of Topliss-reactive ketones (excluding diaryl/α,β-unsaturated/α-hetero) is 1. The average Bonchev–Trinajstić information content (AvgIpc) is 2.24. The summed E-state index contributed by atoms with van der Waals surface area (Å²) in [6.07, 6.45) is 1.78. The van der Waals surface area contributed by atoms with Crippen LogP contribution in [0.15, 0.2) is 0 Å². The number of ketones is 1. The molecule has 0 unspecified atom stereocenters. The van der Waals surface area contributed by atoms with Crippen molar-refractivity contribution in [2.24, 2.45) is 17.2 Å². The van der Waals surface area contributed by atoms with Crippen LogP contribution >= 0.6 is 0 Å². The molecule has 0 rings (SSSR count). The molecular formula is C10H24N4O2. The van der Waals surface area contributed by atoms with Crippen molar-refractivity contribution in [1.29, 1.82) is 0 Å². The smallest absolute Gasteiger partial charge is 0.175 e. The minimum atomic E-state index is -0.514. The molecule has 0 aliphatic heterocycles. The minimum absolute atomic E-state index is 0.0505. The Kier molecular flexibility index (Phi) is 9.36. The molecule has 0 aromatic carbocycles. The molecule has 0 aromatic heterocycles. The van der Waals surface area contributed by atoms with E-state index in [0.717, 1.165) is 12.8 Å². The van der Waals surface area contributed by atoms with Crippen LogP contribution in [0.3, 0.4) is 0 Å². The van der Waals surface area contributed by atoms with Crippen LogP contribution in [0.2, 0.25) is 0 Å². The van der Waals surface area contributed by atoms with Crippen molar-refractivity contribution in [2.45, 2.75) is 38.5 Å². The summed E-state index contributed by atoms with van der Waals surface area (Å²) in [4.78, 5) is 11.4. The highest BCUT2D eigenvalue weighted by molar-refractivity contribution is 5.84. The Labute approximate surface area is 96.9 Å². The number of carbonyl (C=O) groups excluding carboxylic acids is 1. The molecule has 0 saturated heterocycles. The molecule has 0 heterocycles. The lowest BCUT2D eigenvalue weighted by Crippen LogP contribution is -2.45. The van der Waals surface area contributed by atoms with Gasteiger partial charge in [0.25, 0.3) is 0 Å². The second-order valence-electron chi connectivity index (χ2n) is 3.75. The van der Waals surface area contributed by atoms with Crippen LogP contribution in [0.1, 0.15) is 26.2 Å². The van der Waals surface area contributed by atoms with Crippen molar-refractivity contribution in [3.63, 3.8) is 0 Å². The van der Waals surface area contributed by atoms with E-state index in [2.05, 4.69) is 5.32 Å². The zero-order chi connectivity index (χ0) is 12.4. The van der Waals surface area contributed by atoms with Gasteiger partial charge in [-0.1, -0.05) is 6.92 Å². The largest absolute Gasteiger partial charge is 0.374 e. The van der Waals surface area contributed by atoms with Crippen LogP contribution in [0.25, 0.3) is 0 Å². The molecule has 0 amide bonds. The molecule has 0 fully saturated rings. The van der Waals surface area contributed by atoms with E-state index >= 15 is 0 Å². The van der Waals surface area contributed by atoms with Gasteiger partial charge in [0, 0.05) is 6.61 Å². The summed E-state index contributed by atoms with van der Waals surface area (Å²) in [5, 5.41) is 2.85. The SMILES string of the molecule is CCCOCC(=O)[C@@H](N)CCCNC(N)N. The predicted octanol–water partition coefficient (Wildman–Crippen LogP) is -1.12. The van der Waals surface area contributed by atoms with Crippen LogP contribution in [0.5, 0.6) is 0 Å². The maximum absolute atomic E-state index is 11.4. The van der Waals surface area contributed by atoms with E-state index < -0.39 is 12.3 Å². The predicted molar refractivity (Wildman–Crippen MR) is 63.5 cm³/mol. The quantitative estimate of drug-likeness (QED) is 0.280. The lowest BCUT2D eigenvalue weighted by atomic mass is 10.1. The van der Waals surface area contributed by atoms with Gasteiger partial charge in [-0.2, -0.15) is 0 Å². The first-order valence-electron chi connectivity index (χ1n) is 5.68. The molecule has 0 aromatic rings. The summed E-state index contributed by atoms with van der Waals surface area (Å²) in [6.45, 7) is 3.36. The van der Waals surface area contributed by atoms with E-state index in [1.165, 1.54) is 0 Å². The molecular weight excluding hydrogens is 208 g/mol. The van der Waals surface area contributed by atoms with Crippen molar-refractivity contribution >= 4 is 5.78 Å². The maximum atomic E-state index is 11.4. The summed E-state index contributed by atoms with van der Waals surface area (Å²) >= 11 is 0. The molecule has 0 spiro atoms. The number of hydrogen-bond acceptors (Lipinski definition) is 6. The normalized spacial score (nSPS) is 13.1. The lowest BCUT2D eigenvalue weighted by molar-refractivity contribution is -0.125. The Morgan fingerprint density at radius 2 is 2.06 bits per heavy atom. The standard InChI is InChI=1S/C10H24N4O2/c1-2-6-16-7-9(15)8(11)4-3-5-14-10(12)13/h8,10,14H,2-7,11-13H2,1H3/t8-/m0/s1. The number of ether oxygens (including phenoxy) is 1. The van der Waals surface area contributed by atoms with Gasteiger partial charge >= 0.3 is 0 Å². The number of nitrogens with two attached hydrogens (primary N) is 3. The van der Waals surface area contributed by atoms with Crippen LogP contribution < -0.4 is 22.5 Å². The number of rotatable bonds is 10. The summed E-state index contributed by atoms with van der Waals surface area (Å²) < 4.78 is 5.13. The van der Waals surface area contributed by atoms with E-state index in [4.69, 9.17) is 21.9 Å². The van der Waals surface area contributed by atoms with Crippen LogP contribution in [-0.4, -0.2) is 37.9 Å². The van der Waals surface area contributed by atoms with Crippen molar-refractivity contribution < 1.29 is 9.53 Å². The van der Waals surface area contributed by atoms with Gasteiger partial charge in [-0.3, -0.25) is 10.1 Å². The zero-order valence-electron chi connectivity index (χ0n) is 9.95. The average molecular weight is 232 g/mol. The number of nitrogens with one attached hydrogen (secondary N) is 1. The van der Waals surface area contributed by atoms with Crippen molar-refractivity contribution in [3.8, 4) is 0 Å². The molecule has 0 aliphatic rings. The molecule has 0 bridgehead atoms. The Morgan fingerprint density at radius 1 is 1.38 bits per heavy atom. The lowest BCUT2D eigenvalue weighted by Gasteiger charge is -2.12. The highest BCUT2D eigenvalue weighted by Gasteiger charge is 2.12. The Hall–Kier alpha value is -0.530. The molecule has 1 atom stereocenters. The molecule has 6 nitrogen and oxygen atoms in total. The summed E-state index contributed by atoms with van der Waals surface area (Å²) in [5.41, 5.74) is 16.3. The first-order chi connectivity index (χ1) is 7.57. The Morgan fingerprint density at radius 3 is 2.62 bits per heavy atom. The van der Waals surface area contributed by atoms with Gasteiger partial charge in [-0.05, 0) is 25.8 Å². The third kappa shape index (κ3) is 8.75. The van der Waals surface area contributed by atoms with Crippen molar-refractivity contribution in [2.75, 3.05) is 19.8 Å². The van der Waals surface area contributed by atoms with E-state index in [1.54, 1.807) is 0 Å². The molecule has 0 aliphatic carbocycles. The van der Waals surface area contributed by atoms with Crippen molar-refractivity contribution in [1.82, 2.24) is 5.32 Å². The monoisotopic (exact) mass is 232 g/mol. The highest BCUT2D eigenvalue weighted by Crippen LogP contribution is 1.96. The van der Waals surface area contributed by atoms with Gasteiger partial charge in [-0.15, -0.1) is 0 Å². The fourth-order valence-corrected chi connectivity index (χ4v) is 1.18. The summed E-state index contributed by atoms with van der Waals surface area (Å²) in [6, 6.07) is -0.451. The fourth-order valence-electron chi connectivity index (χ4n) is 1.18.